The Bertz CT molecular complexity index is 269. The van der Waals surface area contributed by atoms with Crippen LogP contribution in [0.5, 0.6) is 0 Å². The topological polar surface area (TPSA) is 67.2 Å². The van der Waals surface area contributed by atoms with Crippen LogP contribution in [-0.2, 0) is 0 Å². The number of carbonyl (C=O) groups is 1. The molecule has 0 atom stereocenters. The Hall–Kier alpha value is -1.20. The van der Waals surface area contributed by atoms with Gasteiger partial charge in [0.15, 0.2) is 11.5 Å². The average Bonchev–Trinajstić information content (AvgIpc) is 2.47. The standard InChI is InChI=1S/C7H11N3O2/c1-5-3-6(10-12-5)7(11)4-9-8-2/h3,8-9H,4H2,1-2H3. The lowest BCUT2D eigenvalue weighted by Gasteiger charge is -1.97. The van der Waals surface area contributed by atoms with Crippen LogP contribution in [0.15, 0.2) is 10.6 Å². The Balaban J connectivity index is 2.53. The fourth-order valence-corrected chi connectivity index (χ4v) is 0.757. The fourth-order valence-electron chi connectivity index (χ4n) is 0.757. The molecule has 0 bridgehead atoms. The van der Waals surface area contributed by atoms with Gasteiger partial charge in [0.2, 0.25) is 0 Å². The predicted octanol–water partition coefficient (Wildman–Crippen LogP) is -0.110. The molecular formula is C7H11N3O2. The highest BCUT2D eigenvalue weighted by atomic mass is 16.5. The highest BCUT2D eigenvalue weighted by Crippen LogP contribution is 2.01. The average molecular weight is 169 g/mol. The zero-order valence-corrected chi connectivity index (χ0v) is 7.05. The maximum Gasteiger partial charge on any atom is 0.199 e. The Labute approximate surface area is 70.1 Å². The Kier molecular flexibility index (Phi) is 2.95. The first-order valence-corrected chi connectivity index (χ1v) is 3.60. The number of nitrogens with zero attached hydrogens (tertiary/aromatic N) is 1. The number of hydrazine groups is 1. The van der Waals surface area contributed by atoms with Crippen LogP contribution in [0, 0.1) is 6.92 Å². The lowest BCUT2D eigenvalue weighted by molar-refractivity contribution is 0.0979. The number of hydrogen-bond donors (Lipinski definition) is 2. The summed E-state index contributed by atoms with van der Waals surface area (Å²) in [5.41, 5.74) is 5.68. The van der Waals surface area contributed by atoms with E-state index in [1.165, 1.54) is 0 Å². The van der Waals surface area contributed by atoms with Crippen molar-refractivity contribution in [3.05, 3.63) is 17.5 Å². The van der Waals surface area contributed by atoms with E-state index in [0.29, 0.717) is 11.5 Å². The SMILES string of the molecule is CNNCC(=O)c1cc(C)on1. The van der Waals surface area contributed by atoms with Gasteiger partial charge in [-0.1, -0.05) is 5.16 Å². The molecule has 0 aliphatic heterocycles. The summed E-state index contributed by atoms with van der Waals surface area (Å²) in [6, 6.07) is 1.61. The van der Waals surface area contributed by atoms with Gasteiger partial charge in [0.1, 0.15) is 5.76 Å². The van der Waals surface area contributed by atoms with E-state index in [9.17, 15) is 4.79 Å². The van der Waals surface area contributed by atoms with E-state index < -0.39 is 0 Å². The van der Waals surface area contributed by atoms with Crippen LogP contribution in [0.2, 0.25) is 0 Å². The molecule has 1 aromatic rings. The molecule has 0 amide bonds. The molecule has 66 valence electrons. The smallest absolute Gasteiger partial charge is 0.199 e. The van der Waals surface area contributed by atoms with Gasteiger partial charge in [-0.05, 0) is 14.0 Å². The fraction of sp³-hybridized carbons (Fsp3) is 0.429. The molecule has 2 N–H and O–H groups in total. The van der Waals surface area contributed by atoms with Crippen LogP contribution in [0.1, 0.15) is 16.2 Å². The summed E-state index contributed by atoms with van der Waals surface area (Å²) >= 11 is 0. The molecule has 0 aromatic carbocycles. The second-order valence-corrected chi connectivity index (χ2v) is 2.35. The first-order chi connectivity index (χ1) is 5.74. The van der Waals surface area contributed by atoms with Gasteiger partial charge < -0.3 is 4.52 Å². The van der Waals surface area contributed by atoms with Crippen molar-refractivity contribution in [2.24, 2.45) is 0 Å². The molecule has 0 saturated heterocycles. The summed E-state index contributed by atoms with van der Waals surface area (Å²) in [6.07, 6.45) is 0. The van der Waals surface area contributed by atoms with E-state index in [4.69, 9.17) is 4.52 Å². The van der Waals surface area contributed by atoms with Crippen molar-refractivity contribution in [3.8, 4) is 0 Å². The molecule has 0 spiro atoms. The molecule has 0 aliphatic rings. The van der Waals surface area contributed by atoms with E-state index in [-0.39, 0.29) is 12.3 Å². The number of aryl methyl sites for hydroxylation is 1. The van der Waals surface area contributed by atoms with Gasteiger partial charge in [0.25, 0.3) is 0 Å². The molecule has 1 aromatic heterocycles. The van der Waals surface area contributed by atoms with Crippen LogP contribution in [0.4, 0.5) is 0 Å². The van der Waals surface area contributed by atoms with Gasteiger partial charge in [-0.15, -0.1) is 0 Å². The summed E-state index contributed by atoms with van der Waals surface area (Å²) in [6.45, 7) is 1.96. The predicted molar refractivity (Wildman–Crippen MR) is 42.6 cm³/mol. The highest BCUT2D eigenvalue weighted by molar-refractivity contribution is 5.95. The highest BCUT2D eigenvalue weighted by Gasteiger charge is 2.09. The summed E-state index contributed by atoms with van der Waals surface area (Å²) in [4.78, 5) is 11.2. The van der Waals surface area contributed by atoms with E-state index in [0.717, 1.165) is 0 Å². The first kappa shape index (κ1) is 8.89. The first-order valence-electron chi connectivity index (χ1n) is 3.60. The molecular weight excluding hydrogens is 158 g/mol. The largest absolute Gasteiger partial charge is 0.361 e. The molecule has 5 nitrogen and oxygen atoms in total. The third-order valence-electron chi connectivity index (χ3n) is 1.34. The Morgan fingerprint density at radius 2 is 2.50 bits per heavy atom. The molecule has 0 radical (unpaired) electrons. The van der Waals surface area contributed by atoms with Crippen LogP contribution < -0.4 is 10.9 Å². The van der Waals surface area contributed by atoms with Crippen LogP contribution in [-0.4, -0.2) is 24.5 Å². The van der Waals surface area contributed by atoms with Gasteiger partial charge in [0.05, 0.1) is 6.54 Å². The number of rotatable bonds is 4. The maximum absolute atomic E-state index is 11.2. The Morgan fingerprint density at radius 1 is 1.75 bits per heavy atom. The third kappa shape index (κ3) is 2.14. The molecule has 0 aliphatic carbocycles. The molecule has 12 heavy (non-hydrogen) atoms. The van der Waals surface area contributed by atoms with E-state index in [2.05, 4.69) is 16.0 Å². The van der Waals surface area contributed by atoms with Gasteiger partial charge in [0, 0.05) is 6.07 Å². The lowest BCUT2D eigenvalue weighted by Crippen LogP contribution is -2.33. The van der Waals surface area contributed by atoms with E-state index >= 15 is 0 Å². The molecule has 5 heteroatoms. The number of Topliss-reactive ketones (excluding diaryl/α,β-unsaturated/α-hetero) is 1. The minimum atomic E-state index is -0.0961. The lowest BCUT2D eigenvalue weighted by atomic mass is 10.3. The number of nitrogens with one attached hydrogen (secondary N) is 2. The van der Waals surface area contributed by atoms with Gasteiger partial charge >= 0.3 is 0 Å². The van der Waals surface area contributed by atoms with Crippen molar-refractivity contribution in [3.63, 3.8) is 0 Å². The van der Waals surface area contributed by atoms with Crippen LogP contribution >= 0.6 is 0 Å². The number of carbonyl (C=O) groups excluding carboxylic acids is 1. The number of hydrogen-bond acceptors (Lipinski definition) is 5. The van der Waals surface area contributed by atoms with E-state index in [1.807, 2.05) is 0 Å². The Morgan fingerprint density at radius 3 is 3.00 bits per heavy atom. The second-order valence-electron chi connectivity index (χ2n) is 2.35. The van der Waals surface area contributed by atoms with Gasteiger partial charge in [-0.2, -0.15) is 0 Å². The quantitative estimate of drug-likeness (QED) is 0.486. The molecule has 1 rings (SSSR count). The summed E-state index contributed by atoms with van der Waals surface area (Å²) < 4.78 is 4.75. The van der Waals surface area contributed by atoms with Crippen LogP contribution in [0.25, 0.3) is 0 Å². The maximum atomic E-state index is 11.2. The molecule has 0 fully saturated rings. The van der Waals surface area contributed by atoms with Crippen molar-refractivity contribution in [1.29, 1.82) is 0 Å². The van der Waals surface area contributed by atoms with Crippen molar-refractivity contribution < 1.29 is 9.32 Å². The minimum absolute atomic E-state index is 0.0961. The summed E-state index contributed by atoms with van der Waals surface area (Å²) in [7, 11) is 1.70. The normalized spacial score (nSPS) is 10.2. The van der Waals surface area contributed by atoms with Crippen molar-refractivity contribution in [2.75, 3.05) is 13.6 Å². The van der Waals surface area contributed by atoms with Crippen molar-refractivity contribution >= 4 is 5.78 Å². The van der Waals surface area contributed by atoms with Crippen molar-refractivity contribution in [2.45, 2.75) is 6.92 Å². The molecule has 0 unspecified atom stereocenters. The van der Waals surface area contributed by atoms with Crippen LogP contribution in [0.3, 0.4) is 0 Å². The zero-order valence-electron chi connectivity index (χ0n) is 7.05. The molecule has 1 heterocycles. The monoisotopic (exact) mass is 169 g/mol. The minimum Gasteiger partial charge on any atom is -0.361 e. The number of ketones is 1. The molecule has 0 saturated carbocycles. The zero-order chi connectivity index (χ0) is 8.97. The third-order valence-corrected chi connectivity index (χ3v) is 1.34. The van der Waals surface area contributed by atoms with Crippen molar-refractivity contribution in [1.82, 2.24) is 16.0 Å². The van der Waals surface area contributed by atoms with Gasteiger partial charge in [-0.25, -0.2) is 0 Å². The summed E-state index contributed by atoms with van der Waals surface area (Å²) in [5, 5.41) is 3.58. The van der Waals surface area contributed by atoms with E-state index in [1.54, 1.807) is 20.0 Å². The summed E-state index contributed by atoms with van der Waals surface area (Å²) in [5.74, 6) is 0.545. The van der Waals surface area contributed by atoms with Gasteiger partial charge in [-0.3, -0.25) is 15.6 Å². The second kappa shape index (κ2) is 3.99. The number of aromatic nitrogens is 1.